The lowest BCUT2D eigenvalue weighted by molar-refractivity contribution is 0.0525. The first kappa shape index (κ1) is 14.5. The summed E-state index contributed by atoms with van der Waals surface area (Å²) in [7, 11) is 0. The largest absolute Gasteiger partial charge is 0.478 e. The molecule has 2 rings (SSSR count). The van der Waals surface area contributed by atoms with Crippen LogP contribution in [0.3, 0.4) is 0 Å². The standard InChI is InChI=1S/C15H14N2O4/c1-2-21-15(20)11-7-13(9-16-8-11)17-12-5-3-4-10(6-12)14(18)19/h3-9,17H,2H2,1H3,(H,18,19). The van der Waals surface area contributed by atoms with Crippen LogP contribution in [0.25, 0.3) is 0 Å². The number of aromatic carboxylic acids is 1. The number of nitrogens with zero attached hydrogens (tertiary/aromatic N) is 1. The zero-order valence-electron chi connectivity index (χ0n) is 11.4. The van der Waals surface area contributed by atoms with Crippen molar-refractivity contribution in [1.82, 2.24) is 4.98 Å². The Hall–Kier alpha value is -2.89. The maximum atomic E-state index is 11.6. The van der Waals surface area contributed by atoms with Crippen LogP contribution >= 0.6 is 0 Å². The van der Waals surface area contributed by atoms with Crippen molar-refractivity contribution in [2.24, 2.45) is 0 Å². The Kier molecular flexibility index (Phi) is 4.50. The Labute approximate surface area is 121 Å². The molecule has 0 aliphatic carbocycles. The molecule has 0 amide bonds. The van der Waals surface area contributed by atoms with Gasteiger partial charge in [-0.05, 0) is 31.2 Å². The number of anilines is 2. The maximum absolute atomic E-state index is 11.6. The minimum absolute atomic E-state index is 0.175. The average Bonchev–Trinajstić information content (AvgIpc) is 2.48. The number of hydrogen-bond acceptors (Lipinski definition) is 5. The number of carbonyl (C=O) groups excluding carboxylic acids is 1. The maximum Gasteiger partial charge on any atom is 0.339 e. The highest BCUT2D eigenvalue weighted by Crippen LogP contribution is 2.18. The molecule has 6 heteroatoms. The summed E-state index contributed by atoms with van der Waals surface area (Å²) < 4.78 is 4.90. The van der Waals surface area contributed by atoms with Crippen LogP contribution in [0.1, 0.15) is 27.6 Å². The minimum atomic E-state index is -1.00. The van der Waals surface area contributed by atoms with E-state index >= 15 is 0 Å². The van der Waals surface area contributed by atoms with E-state index in [4.69, 9.17) is 9.84 Å². The summed E-state index contributed by atoms with van der Waals surface area (Å²) in [6.45, 7) is 2.02. The summed E-state index contributed by atoms with van der Waals surface area (Å²) in [5.74, 6) is -1.45. The molecule has 0 spiro atoms. The molecule has 0 fully saturated rings. The summed E-state index contributed by atoms with van der Waals surface area (Å²) in [6.07, 6.45) is 2.95. The smallest absolute Gasteiger partial charge is 0.339 e. The van der Waals surface area contributed by atoms with Gasteiger partial charge in [0.15, 0.2) is 0 Å². The fraction of sp³-hybridized carbons (Fsp3) is 0.133. The Morgan fingerprint density at radius 3 is 2.67 bits per heavy atom. The van der Waals surface area contributed by atoms with Gasteiger partial charge in [-0.2, -0.15) is 0 Å². The second-order valence-corrected chi connectivity index (χ2v) is 4.19. The molecule has 0 radical (unpaired) electrons. The Bertz CT molecular complexity index is 670. The summed E-state index contributed by atoms with van der Waals surface area (Å²) in [5.41, 5.74) is 1.67. The van der Waals surface area contributed by atoms with Crippen LogP contribution in [0.4, 0.5) is 11.4 Å². The number of carboxylic acids is 1. The van der Waals surface area contributed by atoms with Crippen LogP contribution in [-0.2, 0) is 4.74 Å². The van der Waals surface area contributed by atoms with Crippen molar-refractivity contribution < 1.29 is 19.4 Å². The highest BCUT2D eigenvalue weighted by molar-refractivity contribution is 5.91. The quantitative estimate of drug-likeness (QED) is 0.821. The number of benzene rings is 1. The highest BCUT2D eigenvalue weighted by Gasteiger charge is 2.08. The van der Waals surface area contributed by atoms with Crippen molar-refractivity contribution in [1.29, 1.82) is 0 Å². The molecule has 0 bridgehead atoms. The third-order valence-corrected chi connectivity index (χ3v) is 2.65. The molecule has 0 atom stereocenters. The number of rotatable bonds is 5. The van der Waals surface area contributed by atoms with Gasteiger partial charge in [-0.15, -0.1) is 0 Å². The molecule has 1 aromatic carbocycles. The zero-order valence-corrected chi connectivity index (χ0v) is 11.4. The predicted molar refractivity (Wildman–Crippen MR) is 76.9 cm³/mol. The van der Waals surface area contributed by atoms with E-state index in [0.29, 0.717) is 16.9 Å². The van der Waals surface area contributed by atoms with Gasteiger partial charge in [0.1, 0.15) is 0 Å². The van der Waals surface area contributed by atoms with Gasteiger partial charge in [-0.1, -0.05) is 6.07 Å². The van der Waals surface area contributed by atoms with Crippen molar-refractivity contribution in [3.63, 3.8) is 0 Å². The predicted octanol–water partition coefficient (Wildman–Crippen LogP) is 2.70. The van der Waals surface area contributed by atoms with Crippen LogP contribution in [0, 0.1) is 0 Å². The van der Waals surface area contributed by atoms with E-state index in [1.807, 2.05) is 0 Å². The number of nitrogens with one attached hydrogen (secondary N) is 1. The highest BCUT2D eigenvalue weighted by atomic mass is 16.5. The summed E-state index contributed by atoms with van der Waals surface area (Å²) in [5, 5.41) is 12.0. The van der Waals surface area contributed by atoms with Gasteiger partial charge in [0.05, 0.1) is 29.6 Å². The van der Waals surface area contributed by atoms with Gasteiger partial charge in [-0.3, -0.25) is 4.98 Å². The lowest BCUT2D eigenvalue weighted by Crippen LogP contribution is -2.05. The van der Waals surface area contributed by atoms with Gasteiger partial charge in [0.25, 0.3) is 0 Å². The lowest BCUT2D eigenvalue weighted by atomic mass is 10.2. The lowest BCUT2D eigenvalue weighted by Gasteiger charge is -2.08. The van der Waals surface area contributed by atoms with Gasteiger partial charge < -0.3 is 15.2 Å². The fourth-order valence-corrected chi connectivity index (χ4v) is 1.73. The van der Waals surface area contributed by atoms with E-state index < -0.39 is 11.9 Å². The summed E-state index contributed by atoms with van der Waals surface area (Å²) >= 11 is 0. The third kappa shape index (κ3) is 3.79. The molecule has 0 unspecified atom stereocenters. The van der Waals surface area contributed by atoms with Gasteiger partial charge >= 0.3 is 11.9 Å². The second kappa shape index (κ2) is 6.51. The van der Waals surface area contributed by atoms with Gasteiger partial charge in [0.2, 0.25) is 0 Å². The number of aromatic nitrogens is 1. The Balaban J connectivity index is 2.20. The molecule has 2 N–H and O–H groups in total. The van der Waals surface area contributed by atoms with E-state index in [1.165, 1.54) is 24.5 Å². The van der Waals surface area contributed by atoms with Gasteiger partial charge in [0, 0.05) is 11.9 Å². The molecular weight excluding hydrogens is 272 g/mol. The van der Waals surface area contributed by atoms with E-state index in [-0.39, 0.29) is 12.2 Å². The van der Waals surface area contributed by atoms with Crippen molar-refractivity contribution in [2.45, 2.75) is 6.92 Å². The van der Waals surface area contributed by atoms with Crippen molar-refractivity contribution in [3.05, 3.63) is 53.9 Å². The molecule has 108 valence electrons. The monoisotopic (exact) mass is 286 g/mol. The zero-order chi connectivity index (χ0) is 15.2. The van der Waals surface area contributed by atoms with Crippen LogP contribution in [0.5, 0.6) is 0 Å². The SMILES string of the molecule is CCOC(=O)c1cncc(Nc2cccc(C(=O)O)c2)c1. The van der Waals surface area contributed by atoms with Crippen LogP contribution in [-0.4, -0.2) is 28.6 Å². The molecule has 2 aromatic rings. The van der Waals surface area contributed by atoms with E-state index in [1.54, 1.807) is 25.1 Å². The second-order valence-electron chi connectivity index (χ2n) is 4.19. The van der Waals surface area contributed by atoms with Crippen LogP contribution < -0.4 is 5.32 Å². The number of hydrogen-bond donors (Lipinski definition) is 2. The van der Waals surface area contributed by atoms with E-state index in [0.717, 1.165) is 0 Å². The first-order valence-electron chi connectivity index (χ1n) is 6.32. The average molecular weight is 286 g/mol. The molecule has 0 aliphatic rings. The number of pyridine rings is 1. The van der Waals surface area contributed by atoms with Crippen LogP contribution in [0.15, 0.2) is 42.7 Å². The van der Waals surface area contributed by atoms with E-state index in [9.17, 15) is 9.59 Å². The molecule has 1 heterocycles. The topological polar surface area (TPSA) is 88.5 Å². The summed E-state index contributed by atoms with van der Waals surface area (Å²) in [4.78, 5) is 26.5. The third-order valence-electron chi connectivity index (χ3n) is 2.65. The van der Waals surface area contributed by atoms with Crippen LogP contribution in [0.2, 0.25) is 0 Å². The molecule has 6 nitrogen and oxygen atoms in total. The number of carbonyl (C=O) groups is 2. The Morgan fingerprint density at radius 2 is 1.95 bits per heavy atom. The van der Waals surface area contributed by atoms with E-state index in [2.05, 4.69) is 10.3 Å². The molecular formula is C15H14N2O4. The van der Waals surface area contributed by atoms with Crippen molar-refractivity contribution in [2.75, 3.05) is 11.9 Å². The molecule has 0 saturated carbocycles. The first-order valence-corrected chi connectivity index (χ1v) is 6.32. The van der Waals surface area contributed by atoms with Crippen molar-refractivity contribution >= 4 is 23.3 Å². The molecule has 21 heavy (non-hydrogen) atoms. The molecule has 0 saturated heterocycles. The molecule has 0 aliphatic heterocycles. The number of carboxylic acid groups (broad SMARTS) is 1. The minimum Gasteiger partial charge on any atom is -0.478 e. The normalized spacial score (nSPS) is 9.95. The fourth-order valence-electron chi connectivity index (χ4n) is 1.73. The molecule has 1 aromatic heterocycles. The number of ether oxygens (including phenoxy) is 1. The first-order chi connectivity index (χ1) is 10.1. The van der Waals surface area contributed by atoms with Gasteiger partial charge in [-0.25, -0.2) is 9.59 Å². The summed E-state index contributed by atoms with van der Waals surface area (Å²) in [6, 6.07) is 7.95. The van der Waals surface area contributed by atoms with Crippen molar-refractivity contribution in [3.8, 4) is 0 Å². The number of esters is 1. The Morgan fingerprint density at radius 1 is 1.19 bits per heavy atom.